The quantitative estimate of drug-likeness (QED) is 0.733. The molecule has 23 heavy (non-hydrogen) atoms. The number of benzene rings is 1. The molecule has 1 unspecified atom stereocenters. The number of amides is 2. The molecule has 0 spiro atoms. The fourth-order valence-corrected chi connectivity index (χ4v) is 2.53. The van der Waals surface area contributed by atoms with Crippen LogP contribution in [0.4, 0.5) is 5.69 Å². The average molecular weight is 317 g/mol. The third-order valence-corrected chi connectivity index (χ3v) is 3.66. The van der Waals surface area contributed by atoms with Crippen molar-refractivity contribution in [3.63, 3.8) is 0 Å². The predicted octanol–water partition coefficient (Wildman–Crippen LogP) is 1.64. The Kier molecular flexibility index (Phi) is 5.39. The molecule has 0 aliphatic carbocycles. The first kappa shape index (κ1) is 17.0. The van der Waals surface area contributed by atoms with Crippen LogP contribution in [0.15, 0.2) is 30.5 Å². The summed E-state index contributed by atoms with van der Waals surface area (Å²) in [6, 6.07) is 7.02. The molecule has 2 aromatic rings. The van der Waals surface area contributed by atoms with Gasteiger partial charge in [-0.2, -0.15) is 0 Å². The van der Waals surface area contributed by atoms with E-state index < -0.39 is 17.9 Å². The molecule has 3 N–H and O–H groups in total. The summed E-state index contributed by atoms with van der Waals surface area (Å²) >= 11 is 0. The van der Waals surface area contributed by atoms with Crippen LogP contribution in [0.25, 0.3) is 10.9 Å². The second-order valence-corrected chi connectivity index (χ2v) is 6.14. The van der Waals surface area contributed by atoms with Gasteiger partial charge in [0, 0.05) is 24.4 Å². The number of carbonyl (C=O) groups is 2. The van der Waals surface area contributed by atoms with E-state index in [1.54, 1.807) is 6.07 Å². The van der Waals surface area contributed by atoms with Crippen molar-refractivity contribution in [2.24, 2.45) is 13.0 Å². The van der Waals surface area contributed by atoms with E-state index in [1.807, 2.05) is 49.9 Å². The summed E-state index contributed by atoms with van der Waals surface area (Å²) in [5.74, 6) is -1.16. The van der Waals surface area contributed by atoms with Crippen molar-refractivity contribution in [2.75, 3.05) is 11.9 Å². The highest BCUT2D eigenvalue weighted by molar-refractivity contribution is 6.39. The number of aliphatic hydroxyl groups excluding tert-OH is 1. The lowest BCUT2D eigenvalue weighted by atomic mass is 10.0. The maximum absolute atomic E-state index is 12.0. The first-order valence-electron chi connectivity index (χ1n) is 7.68. The molecule has 0 aliphatic rings. The van der Waals surface area contributed by atoms with Crippen LogP contribution < -0.4 is 10.6 Å². The Bertz CT molecular complexity index is 706. The minimum Gasteiger partial charge on any atom is -0.394 e. The number of hydrogen-bond donors (Lipinski definition) is 3. The lowest BCUT2D eigenvalue weighted by Crippen LogP contribution is -2.44. The molecule has 0 saturated heterocycles. The Hall–Kier alpha value is -2.34. The highest BCUT2D eigenvalue weighted by atomic mass is 16.3. The lowest BCUT2D eigenvalue weighted by molar-refractivity contribution is -0.136. The predicted molar refractivity (Wildman–Crippen MR) is 90.0 cm³/mol. The van der Waals surface area contributed by atoms with Crippen molar-refractivity contribution in [3.05, 3.63) is 30.5 Å². The van der Waals surface area contributed by atoms with Gasteiger partial charge >= 0.3 is 11.8 Å². The largest absolute Gasteiger partial charge is 0.394 e. The Morgan fingerprint density at radius 1 is 1.22 bits per heavy atom. The van der Waals surface area contributed by atoms with Crippen molar-refractivity contribution in [1.82, 2.24) is 9.88 Å². The average Bonchev–Trinajstić information content (AvgIpc) is 2.87. The molecule has 124 valence electrons. The zero-order valence-corrected chi connectivity index (χ0v) is 13.7. The summed E-state index contributed by atoms with van der Waals surface area (Å²) < 4.78 is 1.94. The smallest absolute Gasteiger partial charge is 0.313 e. The van der Waals surface area contributed by atoms with E-state index in [2.05, 4.69) is 10.6 Å². The van der Waals surface area contributed by atoms with Gasteiger partial charge in [0.25, 0.3) is 0 Å². The van der Waals surface area contributed by atoms with Crippen LogP contribution in [-0.4, -0.2) is 34.1 Å². The summed E-state index contributed by atoms with van der Waals surface area (Å²) in [7, 11) is 1.92. The van der Waals surface area contributed by atoms with E-state index in [4.69, 9.17) is 0 Å². The zero-order valence-electron chi connectivity index (χ0n) is 13.7. The number of aromatic nitrogens is 1. The molecule has 1 atom stereocenters. The Morgan fingerprint density at radius 2 is 1.96 bits per heavy atom. The van der Waals surface area contributed by atoms with Gasteiger partial charge in [-0.15, -0.1) is 0 Å². The third-order valence-electron chi connectivity index (χ3n) is 3.66. The molecule has 6 nitrogen and oxygen atoms in total. The van der Waals surface area contributed by atoms with E-state index in [1.165, 1.54) is 0 Å². The van der Waals surface area contributed by atoms with Crippen LogP contribution in [0.1, 0.15) is 20.3 Å². The zero-order chi connectivity index (χ0) is 17.0. The van der Waals surface area contributed by atoms with E-state index in [9.17, 15) is 14.7 Å². The van der Waals surface area contributed by atoms with Crippen LogP contribution in [-0.2, 0) is 16.6 Å². The molecular formula is C17H23N3O3. The summed E-state index contributed by atoms with van der Waals surface area (Å²) in [6.45, 7) is 3.79. The van der Waals surface area contributed by atoms with E-state index in [0.717, 1.165) is 10.9 Å². The van der Waals surface area contributed by atoms with Crippen molar-refractivity contribution in [3.8, 4) is 0 Å². The van der Waals surface area contributed by atoms with Gasteiger partial charge in [-0.3, -0.25) is 9.59 Å². The molecular weight excluding hydrogens is 294 g/mol. The number of anilines is 1. The monoisotopic (exact) mass is 317 g/mol. The highest BCUT2D eigenvalue weighted by Crippen LogP contribution is 2.19. The molecule has 0 saturated carbocycles. The molecule has 6 heteroatoms. The van der Waals surface area contributed by atoms with Gasteiger partial charge < -0.3 is 20.3 Å². The molecule has 0 aliphatic heterocycles. The molecule has 2 amide bonds. The van der Waals surface area contributed by atoms with Crippen LogP contribution in [0.3, 0.4) is 0 Å². The van der Waals surface area contributed by atoms with Crippen LogP contribution >= 0.6 is 0 Å². The third kappa shape index (κ3) is 4.32. The van der Waals surface area contributed by atoms with Crippen molar-refractivity contribution in [2.45, 2.75) is 26.3 Å². The first-order chi connectivity index (χ1) is 10.9. The summed E-state index contributed by atoms with van der Waals surface area (Å²) in [4.78, 5) is 23.9. The van der Waals surface area contributed by atoms with Crippen LogP contribution in [0.5, 0.6) is 0 Å². The fraction of sp³-hybridized carbons (Fsp3) is 0.412. The number of nitrogens with one attached hydrogen (secondary N) is 2. The maximum atomic E-state index is 12.0. The maximum Gasteiger partial charge on any atom is 0.313 e. The van der Waals surface area contributed by atoms with Gasteiger partial charge in [0.1, 0.15) is 0 Å². The molecule has 1 aromatic heterocycles. The minimum absolute atomic E-state index is 0.188. The number of carbonyl (C=O) groups excluding carboxylic acids is 2. The summed E-state index contributed by atoms with van der Waals surface area (Å²) in [5.41, 5.74) is 1.53. The van der Waals surface area contributed by atoms with Crippen LogP contribution in [0, 0.1) is 5.92 Å². The first-order valence-corrected chi connectivity index (χ1v) is 7.68. The van der Waals surface area contributed by atoms with Gasteiger partial charge in [0.2, 0.25) is 0 Å². The van der Waals surface area contributed by atoms with Gasteiger partial charge in [0.15, 0.2) is 0 Å². The number of rotatable bonds is 5. The van der Waals surface area contributed by atoms with Gasteiger partial charge in [-0.1, -0.05) is 19.9 Å². The summed E-state index contributed by atoms with van der Waals surface area (Å²) in [5, 5.41) is 15.5. The molecule has 0 bridgehead atoms. The normalized spacial score (nSPS) is 12.4. The molecule has 2 rings (SSSR count). The van der Waals surface area contributed by atoms with E-state index in [-0.39, 0.29) is 6.61 Å². The van der Waals surface area contributed by atoms with Crippen LogP contribution in [0.2, 0.25) is 0 Å². The van der Waals surface area contributed by atoms with E-state index in [0.29, 0.717) is 18.0 Å². The van der Waals surface area contributed by atoms with E-state index >= 15 is 0 Å². The van der Waals surface area contributed by atoms with Crippen molar-refractivity contribution in [1.29, 1.82) is 0 Å². The summed E-state index contributed by atoms with van der Waals surface area (Å²) in [6.07, 6.45) is 2.55. The lowest BCUT2D eigenvalue weighted by Gasteiger charge is -2.17. The van der Waals surface area contributed by atoms with Gasteiger partial charge in [-0.05, 0) is 35.9 Å². The molecule has 0 radical (unpaired) electrons. The molecule has 1 heterocycles. The Labute approximate surface area is 135 Å². The number of aryl methyl sites for hydroxylation is 1. The molecule has 1 aromatic carbocycles. The van der Waals surface area contributed by atoms with Gasteiger partial charge in [0.05, 0.1) is 12.6 Å². The number of aliphatic hydroxyl groups is 1. The SMILES string of the molecule is CC(C)CC(CO)NC(=O)C(=O)Nc1ccc2ccn(C)c2c1. The van der Waals surface area contributed by atoms with Crippen molar-refractivity contribution < 1.29 is 14.7 Å². The second-order valence-electron chi connectivity index (χ2n) is 6.14. The van der Waals surface area contributed by atoms with Gasteiger partial charge in [-0.25, -0.2) is 0 Å². The standard InChI is InChI=1S/C17H23N3O3/c1-11(2)8-14(10-21)19-17(23)16(22)18-13-5-4-12-6-7-20(3)15(12)9-13/h4-7,9,11,14,21H,8,10H2,1-3H3,(H,18,22)(H,19,23). The Balaban J connectivity index is 2.01. The number of hydrogen-bond acceptors (Lipinski definition) is 3. The van der Waals surface area contributed by atoms with Crippen molar-refractivity contribution >= 4 is 28.4 Å². The number of nitrogens with zero attached hydrogens (tertiary/aromatic N) is 1. The fourth-order valence-electron chi connectivity index (χ4n) is 2.53. The minimum atomic E-state index is -0.739. The topological polar surface area (TPSA) is 83.4 Å². The second kappa shape index (κ2) is 7.28. The molecule has 0 fully saturated rings. The highest BCUT2D eigenvalue weighted by Gasteiger charge is 2.19. The number of fused-ring (bicyclic) bond motifs is 1. The Morgan fingerprint density at radius 3 is 2.61 bits per heavy atom.